The first kappa shape index (κ1) is 9.46. The zero-order chi connectivity index (χ0) is 10.1. The van der Waals surface area contributed by atoms with Gasteiger partial charge >= 0.3 is 0 Å². The fourth-order valence-corrected chi connectivity index (χ4v) is 1.64. The minimum Gasteiger partial charge on any atom is -0.282 e. The number of H-pyrrole nitrogens is 1. The molecular weight excluding hydrogens is 240 g/mol. The molecule has 0 radical (unpaired) electrons. The first-order chi connectivity index (χ1) is 6.68. The van der Waals surface area contributed by atoms with Gasteiger partial charge in [-0.05, 0) is 31.5 Å². The number of aryl methyl sites for hydroxylation is 1. The lowest BCUT2D eigenvalue weighted by Crippen LogP contribution is -1.80. The lowest BCUT2D eigenvalue weighted by atomic mass is 10.1. The van der Waals surface area contributed by atoms with Crippen LogP contribution in [0.2, 0.25) is 0 Å². The molecule has 0 saturated heterocycles. The van der Waals surface area contributed by atoms with Crippen LogP contribution < -0.4 is 0 Å². The van der Waals surface area contributed by atoms with Crippen molar-refractivity contribution in [2.75, 3.05) is 0 Å². The Labute approximate surface area is 91.5 Å². The van der Waals surface area contributed by atoms with Crippen molar-refractivity contribution in [3.8, 4) is 11.3 Å². The highest BCUT2D eigenvalue weighted by molar-refractivity contribution is 9.10. The maximum atomic E-state index is 4.27. The molecule has 0 aliphatic rings. The predicted molar refractivity (Wildman–Crippen MR) is 61.2 cm³/mol. The van der Waals surface area contributed by atoms with Crippen molar-refractivity contribution < 1.29 is 0 Å². The Bertz CT molecular complexity index is 443. The standard InChI is InChI=1S/C11H11BrN2/c1-7-8(2)13-14-11(7)9-3-5-10(12)6-4-9/h3-6H,1-2H3,(H,13,14). The van der Waals surface area contributed by atoms with Gasteiger partial charge < -0.3 is 0 Å². The summed E-state index contributed by atoms with van der Waals surface area (Å²) >= 11 is 3.41. The second kappa shape index (κ2) is 3.58. The van der Waals surface area contributed by atoms with E-state index in [4.69, 9.17) is 0 Å². The zero-order valence-electron chi connectivity index (χ0n) is 8.13. The second-order valence-electron chi connectivity index (χ2n) is 3.33. The summed E-state index contributed by atoms with van der Waals surface area (Å²) in [6, 6.07) is 8.18. The van der Waals surface area contributed by atoms with E-state index in [1.807, 2.05) is 19.1 Å². The monoisotopic (exact) mass is 250 g/mol. The Balaban J connectivity index is 2.49. The van der Waals surface area contributed by atoms with E-state index >= 15 is 0 Å². The zero-order valence-corrected chi connectivity index (χ0v) is 9.72. The van der Waals surface area contributed by atoms with Gasteiger partial charge in [0.05, 0.1) is 5.69 Å². The van der Waals surface area contributed by atoms with E-state index < -0.39 is 0 Å². The highest BCUT2D eigenvalue weighted by atomic mass is 79.9. The van der Waals surface area contributed by atoms with Gasteiger partial charge in [0.2, 0.25) is 0 Å². The molecule has 2 aromatic rings. The molecule has 0 amide bonds. The van der Waals surface area contributed by atoms with Crippen LogP contribution in [0.1, 0.15) is 11.3 Å². The lowest BCUT2D eigenvalue weighted by Gasteiger charge is -1.98. The lowest BCUT2D eigenvalue weighted by molar-refractivity contribution is 1.05. The smallest absolute Gasteiger partial charge is 0.0952 e. The third kappa shape index (κ3) is 1.60. The van der Waals surface area contributed by atoms with Crippen LogP contribution in [0.15, 0.2) is 28.7 Å². The molecule has 2 rings (SSSR count). The summed E-state index contributed by atoms with van der Waals surface area (Å²) in [4.78, 5) is 0. The van der Waals surface area contributed by atoms with Gasteiger partial charge in [-0.2, -0.15) is 5.10 Å². The van der Waals surface area contributed by atoms with Gasteiger partial charge in [0.15, 0.2) is 0 Å². The molecule has 0 spiro atoms. The van der Waals surface area contributed by atoms with E-state index in [0.717, 1.165) is 21.4 Å². The summed E-state index contributed by atoms with van der Waals surface area (Å²) in [6.07, 6.45) is 0. The van der Waals surface area contributed by atoms with Gasteiger partial charge in [-0.1, -0.05) is 28.1 Å². The van der Waals surface area contributed by atoms with Crippen molar-refractivity contribution in [3.63, 3.8) is 0 Å². The molecule has 0 fully saturated rings. The van der Waals surface area contributed by atoms with E-state index in [-0.39, 0.29) is 0 Å². The molecule has 0 atom stereocenters. The van der Waals surface area contributed by atoms with Crippen molar-refractivity contribution in [1.29, 1.82) is 0 Å². The maximum Gasteiger partial charge on any atom is 0.0952 e. The summed E-state index contributed by atoms with van der Waals surface area (Å²) < 4.78 is 1.09. The van der Waals surface area contributed by atoms with E-state index in [1.54, 1.807) is 0 Å². The van der Waals surface area contributed by atoms with Crippen LogP contribution in [0.4, 0.5) is 0 Å². The molecule has 72 valence electrons. The molecule has 14 heavy (non-hydrogen) atoms. The first-order valence-corrected chi connectivity index (χ1v) is 5.25. The Hall–Kier alpha value is -1.09. The molecule has 0 unspecified atom stereocenters. The molecule has 1 aromatic heterocycles. The van der Waals surface area contributed by atoms with Crippen molar-refractivity contribution in [2.45, 2.75) is 13.8 Å². The van der Waals surface area contributed by atoms with Crippen molar-refractivity contribution in [1.82, 2.24) is 10.2 Å². The van der Waals surface area contributed by atoms with Gasteiger partial charge in [0.1, 0.15) is 0 Å². The molecule has 2 nitrogen and oxygen atoms in total. The number of aromatic amines is 1. The number of hydrogen-bond donors (Lipinski definition) is 1. The van der Waals surface area contributed by atoms with Crippen LogP contribution in [-0.2, 0) is 0 Å². The minimum atomic E-state index is 1.04. The normalized spacial score (nSPS) is 10.5. The number of hydrogen-bond acceptors (Lipinski definition) is 1. The predicted octanol–water partition coefficient (Wildman–Crippen LogP) is 3.46. The number of nitrogens with zero attached hydrogens (tertiary/aromatic N) is 1. The van der Waals surface area contributed by atoms with E-state index in [9.17, 15) is 0 Å². The number of rotatable bonds is 1. The van der Waals surface area contributed by atoms with Crippen LogP contribution in [0.3, 0.4) is 0 Å². The van der Waals surface area contributed by atoms with Crippen molar-refractivity contribution >= 4 is 15.9 Å². The van der Waals surface area contributed by atoms with Gasteiger partial charge in [-0.15, -0.1) is 0 Å². The van der Waals surface area contributed by atoms with E-state index in [1.165, 1.54) is 5.56 Å². The maximum absolute atomic E-state index is 4.27. The molecule has 0 aliphatic heterocycles. The minimum absolute atomic E-state index is 1.04. The fourth-order valence-electron chi connectivity index (χ4n) is 1.37. The third-order valence-electron chi connectivity index (χ3n) is 2.37. The Kier molecular flexibility index (Phi) is 2.42. The summed E-state index contributed by atoms with van der Waals surface area (Å²) in [7, 11) is 0. The molecule has 1 aromatic carbocycles. The summed E-state index contributed by atoms with van der Waals surface area (Å²) in [5.41, 5.74) is 4.53. The molecule has 0 saturated carbocycles. The SMILES string of the molecule is Cc1[nH]nc(-c2ccc(Br)cc2)c1C. The number of nitrogens with one attached hydrogen (secondary N) is 1. The number of halogens is 1. The fraction of sp³-hybridized carbons (Fsp3) is 0.182. The van der Waals surface area contributed by atoms with E-state index in [0.29, 0.717) is 0 Å². The average Bonchev–Trinajstić information content (AvgIpc) is 2.50. The number of benzene rings is 1. The van der Waals surface area contributed by atoms with Crippen LogP contribution in [0.5, 0.6) is 0 Å². The average molecular weight is 251 g/mol. The van der Waals surface area contributed by atoms with Gasteiger partial charge in [-0.3, -0.25) is 5.10 Å². The highest BCUT2D eigenvalue weighted by Gasteiger charge is 2.06. The summed E-state index contributed by atoms with van der Waals surface area (Å²) in [5, 5.41) is 7.26. The molecule has 0 aliphatic carbocycles. The van der Waals surface area contributed by atoms with E-state index in [2.05, 4.69) is 45.2 Å². The van der Waals surface area contributed by atoms with Gasteiger partial charge in [-0.25, -0.2) is 0 Å². The first-order valence-electron chi connectivity index (χ1n) is 4.46. The van der Waals surface area contributed by atoms with Gasteiger partial charge in [0, 0.05) is 15.7 Å². The Morgan fingerprint density at radius 2 is 1.79 bits per heavy atom. The number of aromatic nitrogens is 2. The Morgan fingerprint density at radius 3 is 2.29 bits per heavy atom. The van der Waals surface area contributed by atoms with Crippen LogP contribution in [-0.4, -0.2) is 10.2 Å². The van der Waals surface area contributed by atoms with Crippen LogP contribution in [0, 0.1) is 13.8 Å². The molecule has 1 heterocycles. The van der Waals surface area contributed by atoms with Crippen molar-refractivity contribution in [3.05, 3.63) is 40.0 Å². The molecule has 1 N–H and O–H groups in total. The molecule has 0 bridgehead atoms. The quantitative estimate of drug-likeness (QED) is 0.826. The topological polar surface area (TPSA) is 28.7 Å². The summed E-state index contributed by atoms with van der Waals surface area (Å²) in [5.74, 6) is 0. The van der Waals surface area contributed by atoms with Crippen molar-refractivity contribution in [2.24, 2.45) is 0 Å². The van der Waals surface area contributed by atoms with Gasteiger partial charge in [0.25, 0.3) is 0 Å². The van der Waals surface area contributed by atoms with Crippen LogP contribution >= 0.6 is 15.9 Å². The molecular formula is C11H11BrN2. The second-order valence-corrected chi connectivity index (χ2v) is 4.24. The Morgan fingerprint density at radius 1 is 1.14 bits per heavy atom. The summed E-state index contributed by atoms with van der Waals surface area (Å²) in [6.45, 7) is 4.11. The molecule has 3 heteroatoms. The largest absolute Gasteiger partial charge is 0.282 e. The highest BCUT2D eigenvalue weighted by Crippen LogP contribution is 2.23. The van der Waals surface area contributed by atoms with Crippen LogP contribution in [0.25, 0.3) is 11.3 Å². The third-order valence-corrected chi connectivity index (χ3v) is 2.90.